The third kappa shape index (κ3) is 6.15. The van der Waals surface area contributed by atoms with Gasteiger partial charge in [-0.2, -0.15) is 0 Å². The number of hydrogen-bond donors (Lipinski definition) is 3. The first-order valence-corrected chi connectivity index (χ1v) is 9.31. The van der Waals surface area contributed by atoms with Crippen LogP contribution in [0.2, 0.25) is 0 Å². The molecule has 6 nitrogen and oxygen atoms in total. The molecule has 0 saturated heterocycles. The lowest BCUT2D eigenvalue weighted by Gasteiger charge is -2.22. The first kappa shape index (κ1) is 22.1. The van der Waals surface area contributed by atoms with Crippen LogP contribution in [0.25, 0.3) is 11.1 Å². The molecule has 1 aromatic heterocycles. The standard InChI is InChI=1S/C19H20Cl2FN3O3/c1-11(26)23-10-15-7-6-14(9-24-15)12-2-4-13(5-3-12)17(27)16(8-22)25-19(28)18(20)21/h2-7,9,16-18,27H,8,10H2,1H3,(H,23,26)(H,25,28). The number of benzene rings is 1. The summed E-state index contributed by atoms with van der Waals surface area (Å²) in [6, 6.07) is 9.29. The van der Waals surface area contributed by atoms with Gasteiger partial charge in [-0.25, -0.2) is 4.39 Å². The highest BCUT2D eigenvalue weighted by Gasteiger charge is 2.25. The molecule has 2 atom stereocenters. The second-order valence-electron chi connectivity index (χ2n) is 6.08. The summed E-state index contributed by atoms with van der Waals surface area (Å²) in [5.74, 6) is -0.900. The highest BCUT2D eigenvalue weighted by molar-refractivity contribution is 6.53. The first-order valence-electron chi connectivity index (χ1n) is 8.44. The lowest BCUT2D eigenvalue weighted by Crippen LogP contribution is -2.43. The van der Waals surface area contributed by atoms with E-state index in [4.69, 9.17) is 23.2 Å². The molecule has 150 valence electrons. The van der Waals surface area contributed by atoms with Crippen LogP contribution in [-0.4, -0.2) is 39.5 Å². The molecular formula is C19H20Cl2FN3O3. The van der Waals surface area contributed by atoms with E-state index in [-0.39, 0.29) is 5.91 Å². The third-order valence-electron chi connectivity index (χ3n) is 4.00. The quantitative estimate of drug-likeness (QED) is 0.564. The molecule has 2 aromatic rings. The third-order valence-corrected chi connectivity index (χ3v) is 4.40. The molecule has 28 heavy (non-hydrogen) atoms. The van der Waals surface area contributed by atoms with Crippen LogP contribution < -0.4 is 10.6 Å². The largest absolute Gasteiger partial charge is 0.386 e. The van der Waals surface area contributed by atoms with Crippen LogP contribution in [-0.2, 0) is 16.1 Å². The molecule has 0 radical (unpaired) electrons. The second kappa shape index (κ2) is 10.4. The van der Waals surface area contributed by atoms with E-state index >= 15 is 0 Å². The number of carbonyl (C=O) groups excluding carboxylic acids is 2. The molecule has 9 heteroatoms. The Hall–Kier alpha value is -2.22. The molecule has 0 saturated carbocycles. The van der Waals surface area contributed by atoms with Gasteiger partial charge in [0.2, 0.25) is 5.91 Å². The van der Waals surface area contributed by atoms with Crippen molar-refractivity contribution in [1.82, 2.24) is 15.6 Å². The minimum atomic E-state index is -1.34. The predicted molar refractivity (Wildman–Crippen MR) is 106 cm³/mol. The van der Waals surface area contributed by atoms with Crippen LogP contribution in [0.4, 0.5) is 4.39 Å². The Bertz CT molecular complexity index is 801. The zero-order valence-electron chi connectivity index (χ0n) is 15.0. The number of nitrogens with one attached hydrogen (secondary N) is 2. The van der Waals surface area contributed by atoms with Crippen molar-refractivity contribution in [2.75, 3.05) is 6.67 Å². The Balaban J connectivity index is 2.07. The van der Waals surface area contributed by atoms with E-state index in [9.17, 15) is 19.1 Å². The fraction of sp³-hybridized carbons (Fsp3) is 0.316. The Kier molecular flexibility index (Phi) is 8.17. The summed E-state index contributed by atoms with van der Waals surface area (Å²) in [5.41, 5.74) is 2.85. The van der Waals surface area contributed by atoms with Gasteiger partial charge in [0.1, 0.15) is 12.8 Å². The highest BCUT2D eigenvalue weighted by atomic mass is 35.5. The van der Waals surface area contributed by atoms with Crippen LogP contribution >= 0.6 is 23.2 Å². The molecule has 1 heterocycles. The molecule has 3 N–H and O–H groups in total. The number of hydrogen-bond acceptors (Lipinski definition) is 4. The Morgan fingerprint density at radius 1 is 1.14 bits per heavy atom. The van der Waals surface area contributed by atoms with Crippen LogP contribution in [0.5, 0.6) is 0 Å². The summed E-state index contributed by atoms with van der Waals surface area (Å²) in [6.45, 7) is 0.810. The van der Waals surface area contributed by atoms with Gasteiger partial charge in [-0.05, 0) is 17.2 Å². The number of aromatic nitrogens is 1. The van der Waals surface area contributed by atoms with Gasteiger partial charge in [-0.15, -0.1) is 0 Å². The fourth-order valence-corrected chi connectivity index (χ4v) is 2.59. The molecule has 0 aliphatic carbocycles. The lowest BCUT2D eigenvalue weighted by atomic mass is 9.99. The highest BCUT2D eigenvalue weighted by Crippen LogP contribution is 2.24. The molecule has 1 aromatic carbocycles. The number of aliphatic hydroxyl groups excluding tert-OH is 1. The maximum atomic E-state index is 13.2. The minimum Gasteiger partial charge on any atom is -0.386 e. The van der Waals surface area contributed by atoms with E-state index in [0.29, 0.717) is 12.1 Å². The summed E-state index contributed by atoms with van der Waals surface area (Å²) in [4.78, 5) is 25.4. The number of aliphatic hydroxyl groups is 1. The molecule has 0 spiro atoms. The van der Waals surface area contributed by atoms with Gasteiger partial charge in [0.05, 0.1) is 18.3 Å². The van der Waals surface area contributed by atoms with Gasteiger partial charge in [0.25, 0.3) is 5.91 Å². The second-order valence-corrected chi connectivity index (χ2v) is 7.18. The number of nitrogens with zero attached hydrogens (tertiary/aromatic N) is 1. The zero-order chi connectivity index (χ0) is 20.7. The van der Waals surface area contributed by atoms with Gasteiger partial charge < -0.3 is 15.7 Å². The average molecular weight is 428 g/mol. The van der Waals surface area contributed by atoms with Gasteiger partial charge in [0.15, 0.2) is 4.84 Å². The van der Waals surface area contributed by atoms with E-state index < -0.39 is 29.6 Å². The van der Waals surface area contributed by atoms with Crippen LogP contribution in [0.1, 0.15) is 24.3 Å². The fourth-order valence-electron chi connectivity index (χ4n) is 2.47. The van der Waals surface area contributed by atoms with Crippen molar-refractivity contribution < 1.29 is 19.1 Å². The normalized spacial score (nSPS) is 13.1. The Labute approximate surface area is 172 Å². The molecular weight excluding hydrogens is 408 g/mol. The van der Waals surface area contributed by atoms with E-state index in [1.54, 1.807) is 36.5 Å². The maximum absolute atomic E-state index is 13.2. The van der Waals surface area contributed by atoms with Crippen molar-refractivity contribution in [3.8, 4) is 11.1 Å². The van der Waals surface area contributed by atoms with Gasteiger partial charge in [0, 0.05) is 18.7 Å². The molecule has 0 fully saturated rings. The van der Waals surface area contributed by atoms with Crippen molar-refractivity contribution in [1.29, 1.82) is 0 Å². The van der Waals surface area contributed by atoms with Gasteiger partial charge >= 0.3 is 0 Å². The van der Waals surface area contributed by atoms with Crippen molar-refractivity contribution in [3.63, 3.8) is 0 Å². The molecule has 2 unspecified atom stereocenters. The smallest absolute Gasteiger partial charge is 0.253 e. The van der Waals surface area contributed by atoms with Gasteiger partial charge in [-0.1, -0.05) is 53.5 Å². The van der Waals surface area contributed by atoms with Crippen LogP contribution in [0, 0.1) is 0 Å². The van der Waals surface area contributed by atoms with E-state index in [0.717, 1.165) is 16.8 Å². The van der Waals surface area contributed by atoms with Gasteiger partial charge in [-0.3, -0.25) is 14.6 Å². The first-order chi connectivity index (χ1) is 13.3. The van der Waals surface area contributed by atoms with Crippen LogP contribution in [0.15, 0.2) is 42.6 Å². The molecule has 2 rings (SSSR count). The minimum absolute atomic E-state index is 0.129. The Morgan fingerprint density at radius 3 is 2.29 bits per heavy atom. The van der Waals surface area contributed by atoms with Crippen LogP contribution in [0.3, 0.4) is 0 Å². The SMILES string of the molecule is CC(=O)NCc1ccc(-c2ccc(C(O)C(CF)NC(=O)C(Cl)Cl)cc2)cn1. The molecule has 2 amide bonds. The maximum Gasteiger partial charge on any atom is 0.253 e. The average Bonchev–Trinajstić information content (AvgIpc) is 2.70. The summed E-state index contributed by atoms with van der Waals surface area (Å²) in [6.07, 6.45) is 0.419. The molecule has 0 aliphatic heterocycles. The molecule has 0 bridgehead atoms. The van der Waals surface area contributed by atoms with Crippen molar-refractivity contribution in [3.05, 3.63) is 53.9 Å². The number of alkyl halides is 3. The number of amides is 2. The summed E-state index contributed by atoms with van der Waals surface area (Å²) < 4.78 is 13.2. The van der Waals surface area contributed by atoms with E-state index in [2.05, 4.69) is 15.6 Å². The monoisotopic (exact) mass is 427 g/mol. The van der Waals surface area contributed by atoms with Crippen molar-refractivity contribution in [2.24, 2.45) is 0 Å². The topological polar surface area (TPSA) is 91.3 Å². The molecule has 0 aliphatic rings. The summed E-state index contributed by atoms with van der Waals surface area (Å²) in [7, 11) is 0. The van der Waals surface area contributed by atoms with E-state index in [1.807, 2.05) is 6.07 Å². The number of pyridine rings is 1. The van der Waals surface area contributed by atoms with Crippen molar-refractivity contribution in [2.45, 2.75) is 30.5 Å². The van der Waals surface area contributed by atoms with E-state index in [1.165, 1.54) is 6.92 Å². The zero-order valence-corrected chi connectivity index (χ0v) is 16.5. The predicted octanol–water partition coefficient (Wildman–Crippen LogP) is 2.68. The number of halogens is 3. The lowest BCUT2D eigenvalue weighted by molar-refractivity contribution is -0.121. The number of rotatable bonds is 8. The Morgan fingerprint density at radius 2 is 1.79 bits per heavy atom. The summed E-state index contributed by atoms with van der Waals surface area (Å²) >= 11 is 10.9. The van der Waals surface area contributed by atoms with Crippen molar-refractivity contribution >= 4 is 35.0 Å². The summed E-state index contributed by atoms with van der Waals surface area (Å²) in [5, 5.41) is 15.3. The number of carbonyl (C=O) groups is 2.